The third kappa shape index (κ3) is 2.60. The molecule has 0 amide bonds. The van der Waals surface area contributed by atoms with Gasteiger partial charge in [-0.15, -0.1) is 0 Å². The second-order valence-corrected chi connectivity index (χ2v) is 2.64. The van der Waals surface area contributed by atoms with Gasteiger partial charge in [0.15, 0.2) is 0 Å². The van der Waals surface area contributed by atoms with Crippen molar-refractivity contribution in [1.82, 2.24) is 0 Å². The van der Waals surface area contributed by atoms with Crippen LogP contribution in [0.25, 0.3) is 0 Å². The first-order chi connectivity index (χ1) is 5.23. The molecule has 0 saturated carbocycles. The smallest absolute Gasteiger partial charge is 0.248 e. The van der Waals surface area contributed by atoms with Gasteiger partial charge < -0.3 is 0 Å². The van der Waals surface area contributed by atoms with Crippen LogP contribution in [0.15, 0.2) is 0 Å². The van der Waals surface area contributed by atoms with Gasteiger partial charge in [0.05, 0.1) is 0 Å². The molecule has 0 aromatic rings. The SMILES string of the molecule is [CH2]CC(F)(F)C(F)(F)C[C@H](C)F. The Kier molecular flexibility index (Phi) is 3.47. The van der Waals surface area contributed by atoms with E-state index in [0.717, 1.165) is 6.92 Å². The Hall–Kier alpha value is -0.350. The van der Waals surface area contributed by atoms with Gasteiger partial charge in [0.1, 0.15) is 6.17 Å². The number of hydrogen-bond acceptors (Lipinski definition) is 0. The van der Waals surface area contributed by atoms with Gasteiger partial charge in [-0.05, 0) is 13.8 Å². The second-order valence-electron chi connectivity index (χ2n) is 2.64. The Morgan fingerprint density at radius 2 is 1.58 bits per heavy atom. The van der Waals surface area contributed by atoms with E-state index < -0.39 is 30.9 Å². The van der Waals surface area contributed by atoms with Crippen molar-refractivity contribution in [2.45, 2.75) is 37.8 Å². The highest BCUT2D eigenvalue weighted by molar-refractivity contribution is 4.86. The normalized spacial score (nSPS) is 16.2. The molecule has 0 aliphatic heterocycles. The number of alkyl halides is 5. The Morgan fingerprint density at radius 1 is 1.17 bits per heavy atom. The molecule has 0 aromatic heterocycles. The van der Waals surface area contributed by atoms with E-state index in [9.17, 15) is 22.0 Å². The lowest BCUT2D eigenvalue weighted by Crippen LogP contribution is -2.41. The fourth-order valence-electron chi connectivity index (χ4n) is 0.685. The molecule has 0 nitrogen and oxygen atoms in total. The van der Waals surface area contributed by atoms with E-state index in [4.69, 9.17) is 0 Å². The van der Waals surface area contributed by atoms with Crippen LogP contribution in [0.2, 0.25) is 0 Å². The molecular weight excluding hydrogens is 179 g/mol. The summed E-state index contributed by atoms with van der Waals surface area (Å²) in [5, 5.41) is 0. The summed E-state index contributed by atoms with van der Waals surface area (Å²) < 4.78 is 61.5. The molecule has 0 aliphatic carbocycles. The molecule has 73 valence electrons. The van der Waals surface area contributed by atoms with Crippen LogP contribution < -0.4 is 0 Å². The van der Waals surface area contributed by atoms with E-state index in [1.165, 1.54) is 0 Å². The summed E-state index contributed by atoms with van der Waals surface area (Å²) in [4.78, 5) is 0. The van der Waals surface area contributed by atoms with Gasteiger partial charge in [-0.25, -0.2) is 4.39 Å². The third-order valence-electron chi connectivity index (χ3n) is 1.39. The Balaban J connectivity index is 4.37. The van der Waals surface area contributed by atoms with Crippen molar-refractivity contribution in [3.05, 3.63) is 6.92 Å². The minimum atomic E-state index is -4.30. The van der Waals surface area contributed by atoms with Gasteiger partial charge in [-0.2, -0.15) is 17.6 Å². The Morgan fingerprint density at radius 3 is 1.83 bits per heavy atom. The van der Waals surface area contributed by atoms with Crippen molar-refractivity contribution in [1.29, 1.82) is 0 Å². The molecule has 1 atom stereocenters. The first-order valence-electron chi connectivity index (χ1n) is 3.42. The number of rotatable bonds is 4. The van der Waals surface area contributed by atoms with Crippen LogP contribution in [0.4, 0.5) is 22.0 Å². The largest absolute Gasteiger partial charge is 0.312 e. The van der Waals surface area contributed by atoms with Crippen LogP contribution in [0.5, 0.6) is 0 Å². The lowest BCUT2D eigenvalue weighted by Gasteiger charge is -2.25. The van der Waals surface area contributed by atoms with Gasteiger partial charge >= 0.3 is 11.8 Å². The van der Waals surface area contributed by atoms with Crippen LogP contribution >= 0.6 is 0 Å². The zero-order valence-electron chi connectivity index (χ0n) is 6.59. The highest BCUT2D eigenvalue weighted by Crippen LogP contribution is 2.40. The van der Waals surface area contributed by atoms with Crippen LogP contribution in [-0.4, -0.2) is 18.0 Å². The molecule has 0 bridgehead atoms. The van der Waals surface area contributed by atoms with Gasteiger partial charge in [-0.3, -0.25) is 0 Å². The monoisotopic (exact) mass is 189 g/mol. The first-order valence-corrected chi connectivity index (χ1v) is 3.42. The fraction of sp³-hybridized carbons (Fsp3) is 0.857. The van der Waals surface area contributed by atoms with E-state index in [-0.39, 0.29) is 0 Å². The van der Waals surface area contributed by atoms with Crippen molar-refractivity contribution >= 4 is 0 Å². The summed E-state index contributed by atoms with van der Waals surface area (Å²) in [6, 6.07) is 0. The van der Waals surface area contributed by atoms with Gasteiger partial charge in [0.25, 0.3) is 0 Å². The quantitative estimate of drug-likeness (QED) is 0.595. The Labute approximate surface area is 67.8 Å². The molecule has 0 heterocycles. The molecule has 0 unspecified atom stereocenters. The molecule has 0 rings (SSSR count). The highest BCUT2D eigenvalue weighted by Gasteiger charge is 2.54. The molecule has 0 fully saturated rings. The van der Waals surface area contributed by atoms with E-state index in [0.29, 0.717) is 0 Å². The molecule has 0 N–H and O–H groups in total. The summed E-state index contributed by atoms with van der Waals surface area (Å²) in [6.07, 6.45) is -4.64. The van der Waals surface area contributed by atoms with Crippen LogP contribution in [0.3, 0.4) is 0 Å². The fourth-order valence-corrected chi connectivity index (χ4v) is 0.685. The second kappa shape index (κ2) is 3.58. The maximum Gasteiger partial charge on any atom is 0.312 e. The maximum absolute atomic E-state index is 12.4. The lowest BCUT2D eigenvalue weighted by molar-refractivity contribution is -0.215. The third-order valence-corrected chi connectivity index (χ3v) is 1.39. The number of hydrogen-bond donors (Lipinski definition) is 0. The summed E-state index contributed by atoms with van der Waals surface area (Å²) >= 11 is 0. The molecule has 0 aliphatic rings. The van der Waals surface area contributed by atoms with Crippen LogP contribution in [0, 0.1) is 6.92 Å². The Bertz CT molecular complexity index is 141. The van der Waals surface area contributed by atoms with E-state index >= 15 is 0 Å². The van der Waals surface area contributed by atoms with E-state index in [2.05, 4.69) is 6.92 Å². The highest BCUT2D eigenvalue weighted by atomic mass is 19.3. The molecule has 0 saturated heterocycles. The van der Waals surface area contributed by atoms with Gasteiger partial charge in [0, 0.05) is 12.8 Å². The topological polar surface area (TPSA) is 0 Å². The van der Waals surface area contributed by atoms with E-state index in [1.807, 2.05) is 0 Å². The van der Waals surface area contributed by atoms with Crippen molar-refractivity contribution in [2.24, 2.45) is 0 Å². The average molecular weight is 189 g/mol. The minimum Gasteiger partial charge on any atom is -0.248 e. The average Bonchev–Trinajstić information content (AvgIpc) is 1.84. The minimum absolute atomic E-state index is 0.813. The van der Waals surface area contributed by atoms with Gasteiger partial charge in [-0.1, -0.05) is 0 Å². The van der Waals surface area contributed by atoms with E-state index in [1.54, 1.807) is 0 Å². The van der Waals surface area contributed by atoms with Crippen LogP contribution in [-0.2, 0) is 0 Å². The number of halogens is 5. The summed E-state index contributed by atoms with van der Waals surface area (Å²) in [6.45, 7) is 3.49. The van der Waals surface area contributed by atoms with Crippen molar-refractivity contribution in [3.8, 4) is 0 Å². The van der Waals surface area contributed by atoms with Gasteiger partial charge in [0.2, 0.25) is 0 Å². The zero-order valence-corrected chi connectivity index (χ0v) is 6.59. The summed E-state index contributed by atoms with van der Waals surface area (Å²) in [5.74, 6) is -8.52. The van der Waals surface area contributed by atoms with Crippen molar-refractivity contribution in [3.63, 3.8) is 0 Å². The molecular formula is C7H10F5. The first kappa shape index (κ1) is 11.6. The summed E-state index contributed by atoms with van der Waals surface area (Å²) in [7, 11) is 0. The van der Waals surface area contributed by atoms with Crippen molar-refractivity contribution in [2.75, 3.05) is 0 Å². The molecule has 12 heavy (non-hydrogen) atoms. The van der Waals surface area contributed by atoms with Crippen LogP contribution in [0.1, 0.15) is 19.8 Å². The van der Waals surface area contributed by atoms with Crippen molar-refractivity contribution < 1.29 is 22.0 Å². The molecule has 5 heteroatoms. The predicted octanol–water partition coefficient (Wildman–Crippen LogP) is 3.23. The standard InChI is InChI=1S/C7H10F5/c1-3-6(9,10)7(11,12)4-5(2)8/h5H,1,3-4H2,2H3/t5-/m0/s1. The summed E-state index contributed by atoms with van der Waals surface area (Å²) in [5.41, 5.74) is 0. The lowest BCUT2D eigenvalue weighted by atomic mass is 10.0. The zero-order chi connectivity index (χ0) is 9.99. The molecule has 0 aromatic carbocycles. The predicted molar refractivity (Wildman–Crippen MR) is 35.1 cm³/mol. The maximum atomic E-state index is 12.4. The molecule has 1 radical (unpaired) electrons. The molecule has 0 spiro atoms.